The Labute approximate surface area is 145 Å². The molecule has 0 bridgehead atoms. The molecule has 1 fully saturated rings. The van der Waals surface area contributed by atoms with Gasteiger partial charge in [-0.15, -0.1) is 6.58 Å². The lowest BCUT2D eigenvalue weighted by molar-refractivity contribution is 0.352. The third kappa shape index (κ3) is 4.66. The van der Waals surface area contributed by atoms with E-state index >= 15 is 0 Å². The Kier molecular flexibility index (Phi) is 6.53. The molecule has 1 saturated carbocycles. The van der Waals surface area contributed by atoms with Crippen molar-refractivity contribution >= 4 is 5.96 Å². The highest BCUT2D eigenvalue weighted by molar-refractivity contribution is 5.80. The van der Waals surface area contributed by atoms with Gasteiger partial charge in [0.1, 0.15) is 0 Å². The Hall–Kier alpha value is -2.17. The van der Waals surface area contributed by atoms with Gasteiger partial charge in [-0.3, -0.25) is 0 Å². The fourth-order valence-electron chi connectivity index (χ4n) is 2.69. The molecule has 1 aromatic rings. The van der Waals surface area contributed by atoms with Crippen LogP contribution in [0.2, 0.25) is 0 Å². The summed E-state index contributed by atoms with van der Waals surface area (Å²) in [6, 6.07) is 4.64. The third-order valence-corrected chi connectivity index (χ3v) is 4.18. The summed E-state index contributed by atoms with van der Waals surface area (Å²) in [5.74, 6) is 3.10. The number of nitrogens with zero attached hydrogens (tertiary/aromatic N) is 1. The van der Waals surface area contributed by atoms with E-state index in [0.29, 0.717) is 12.6 Å². The average molecular weight is 331 g/mol. The lowest BCUT2D eigenvalue weighted by Gasteiger charge is -2.14. The highest BCUT2D eigenvalue weighted by Crippen LogP contribution is 2.33. The van der Waals surface area contributed by atoms with E-state index in [4.69, 9.17) is 14.5 Å². The van der Waals surface area contributed by atoms with Crippen LogP contribution in [0.4, 0.5) is 0 Å². The fraction of sp³-hybridized carbons (Fsp3) is 0.526. The number of aliphatic imine (C=N–C) groups is 1. The second kappa shape index (κ2) is 8.62. The van der Waals surface area contributed by atoms with Gasteiger partial charge in [-0.05, 0) is 43.4 Å². The van der Waals surface area contributed by atoms with Gasteiger partial charge in [0.2, 0.25) is 0 Å². The zero-order chi connectivity index (χ0) is 17.5. The van der Waals surface area contributed by atoms with Crippen molar-refractivity contribution in [1.29, 1.82) is 0 Å². The number of methoxy groups -OCH3 is 2. The highest BCUT2D eigenvalue weighted by atomic mass is 16.5. The van der Waals surface area contributed by atoms with E-state index in [0.717, 1.165) is 47.5 Å². The predicted octanol–water partition coefficient (Wildman–Crippen LogP) is 2.90. The summed E-state index contributed by atoms with van der Waals surface area (Å²) in [7, 11) is 3.31. The van der Waals surface area contributed by atoms with Crippen LogP contribution in [0.5, 0.6) is 11.5 Å². The Morgan fingerprint density at radius 2 is 2.12 bits per heavy atom. The Morgan fingerprint density at radius 1 is 1.38 bits per heavy atom. The Bertz CT molecular complexity index is 599. The topological polar surface area (TPSA) is 54.9 Å². The van der Waals surface area contributed by atoms with Crippen LogP contribution < -0.4 is 20.1 Å². The Morgan fingerprint density at radius 3 is 2.67 bits per heavy atom. The van der Waals surface area contributed by atoms with Crippen LogP contribution in [0, 0.1) is 5.92 Å². The number of rotatable bonds is 8. The van der Waals surface area contributed by atoms with Crippen LogP contribution in [0.3, 0.4) is 0 Å². The maximum Gasteiger partial charge on any atom is 0.191 e. The van der Waals surface area contributed by atoms with Crippen molar-refractivity contribution in [3.05, 3.63) is 35.9 Å². The van der Waals surface area contributed by atoms with E-state index in [1.807, 2.05) is 12.1 Å². The molecule has 2 rings (SSSR count). The molecule has 0 spiro atoms. The first kappa shape index (κ1) is 18.2. The summed E-state index contributed by atoms with van der Waals surface area (Å²) < 4.78 is 10.9. The van der Waals surface area contributed by atoms with Crippen molar-refractivity contribution in [2.24, 2.45) is 10.9 Å². The molecule has 0 amide bonds. The van der Waals surface area contributed by atoms with E-state index in [9.17, 15) is 0 Å². The van der Waals surface area contributed by atoms with E-state index < -0.39 is 0 Å². The first-order valence-electron chi connectivity index (χ1n) is 8.52. The van der Waals surface area contributed by atoms with Gasteiger partial charge in [-0.25, -0.2) is 4.99 Å². The highest BCUT2D eigenvalue weighted by Gasteiger charge is 2.33. The molecule has 0 heterocycles. The Balaban J connectivity index is 2.18. The lowest BCUT2D eigenvalue weighted by atomic mass is 10.1. The second-order valence-electron chi connectivity index (χ2n) is 6.14. The van der Waals surface area contributed by atoms with Gasteiger partial charge in [-0.2, -0.15) is 0 Å². The number of benzene rings is 1. The zero-order valence-electron chi connectivity index (χ0n) is 15.2. The van der Waals surface area contributed by atoms with Crippen molar-refractivity contribution in [1.82, 2.24) is 10.6 Å². The predicted molar refractivity (Wildman–Crippen MR) is 99.0 cm³/mol. The molecule has 2 N–H and O–H groups in total. The minimum atomic E-state index is 0.546. The molecule has 0 radical (unpaired) electrons. The van der Waals surface area contributed by atoms with Crippen molar-refractivity contribution in [3.8, 4) is 11.5 Å². The maximum absolute atomic E-state index is 5.48. The van der Waals surface area contributed by atoms with Gasteiger partial charge < -0.3 is 20.1 Å². The molecule has 5 heteroatoms. The van der Waals surface area contributed by atoms with E-state index in [1.54, 1.807) is 14.2 Å². The van der Waals surface area contributed by atoms with Crippen molar-refractivity contribution < 1.29 is 9.47 Å². The van der Waals surface area contributed by atoms with Crippen LogP contribution >= 0.6 is 0 Å². The molecule has 132 valence electrons. The van der Waals surface area contributed by atoms with Gasteiger partial charge in [0, 0.05) is 18.2 Å². The summed E-state index contributed by atoms with van der Waals surface area (Å²) in [5, 5.41) is 6.77. The standard InChI is InChI=1S/C19H29N3O2/c1-6-8-15-10-14(11-17(23-4)18(15)24-5)12-21-19(20-7-2)22-16-9-13(16)3/h6,10-11,13,16H,1,7-9,12H2,2-5H3,(H2,20,21,22). The number of guanidine groups is 1. The minimum Gasteiger partial charge on any atom is -0.493 e. The van der Waals surface area contributed by atoms with Crippen LogP contribution in [-0.2, 0) is 13.0 Å². The normalized spacial score (nSPS) is 19.6. The summed E-state index contributed by atoms with van der Waals surface area (Å²) in [6.45, 7) is 9.57. The SMILES string of the molecule is C=CCc1cc(CN=C(NCC)NC2CC2C)cc(OC)c1OC. The number of hydrogen-bond acceptors (Lipinski definition) is 3. The first-order valence-corrected chi connectivity index (χ1v) is 8.52. The largest absolute Gasteiger partial charge is 0.493 e. The molecule has 1 aliphatic rings. The number of nitrogens with one attached hydrogen (secondary N) is 2. The average Bonchev–Trinajstić information content (AvgIpc) is 3.27. The van der Waals surface area contributed by atoms with Gasteiger partial charge in [0.25, 0.3) is 0 Å². The summed E-state index contributed by atoms with van der Waals surface area (Å²) in [5.41, 5.74) is 2.15. The monoisotopic (exact) mass is 331 g/mol. The second-order valence-corrected chi connectivity index (χ2v) is 6.14. The van der Waals surface area contributed by atoms with Gasteiger partial charge in [0.15, 0.2) is 17.5 Å². The summed E-state index contributed by atoms with van der Waals surface area (Å²) >= 11 is 0. The van der Waals surface area contributed by atoms with E-state index in [-0.39, 0.29) is 0 Å². The molecule has 1 aromatic carbocycles. The van der Waals surface area contributed by atoms with Gasteiger partial charge in [0.05, 0.1) is 20.8 Å². The molecule has 5 nitrogen and oxygen atoms in total. The fourth-order valence-corrected chi connectivity index (χ4v) is 2.69. The molecule has 0 saturated heterocycles. The maximum atomic E-state index is 5.48. The van der Waals surface area contributed by atoms with Crippen molar-refractivity contribution in [2.75, 3.05) is 20.8 Å². The summed E-state index contributed by atoms with van der Waals surface area (Å²) in [6.07, 6.45) is 3.81. The van der Waals surface area contributed by atoms with E-state index in [1.165, 1.54) is 6.42 Å². The molecule has 2 atom stereocenters. The van der Waals surface area contributed by atoms with Crippen molar-refractivity contribution in [2.45, 2.75) is 39.3 Å². The molecular weight excluding hydrogens is 302 g/mol. The molecular formula is C19H29N3O2. The van der Waals surface area contributed by atoms with Crippen molar-refractivity contribution in [3.63, 3.8) is 0 Å². The smallest absolute Gasteiger partial charge is 0.191 e. The van der Waals surface area contributed by atoms with Gasteiger partial charge in [-0.1, -0.05) is 13.0 Å². The number of ether oxygens (including phenoxy) is 2. The zero-order valence-corrected chi connectivity index (χ0v) is 15.2. The lowest BCUT2D eigenvalue weighted by Crippen LogP contribution is -2.39. The molecule has 24 heavy (non-hydrogen) atoms. The van der Waals surface area contributed by atoms with Crippen LogP contribution in [0.25, 0.3) is 0 Å². The molecule has 0 aromatic heterocycles. The molecule has 1 aliphatic carbocycles. The van der Waals surface area contributed by atoms with Gasteiger partial charge >= 0.3 is 0 Å². The summed E-state index contributed by atoms with van der Waals surface area (Å²) in [4.78, 5) is 4.70. The third-order valence-electron chi connectivity index (χ3n) is 4.18. The van der Waals surface area contributed by atoms with E-state index in [2.05, 4.69) is 37.1 Å². The quantitative estimate of drug-likeness (QED) is 0.437. The molecule has 2 unspecified atom stereocenters. The number of allylic oxidation sites excluding steroid dienone is 1. The van der Waals surface area contributed by atoms with Crippen LogP contribution in [0.1, 0.15) is 31.4 Å². The molecule has 0 aliphatic heterocycles. The van der Waals surface area contributed by atoms with Crippen LogP contribution in [-0.4, -0.2) is 32.8 Å². The first-order chi connectivity index (χ1) is 11.6. The minimum absolute atomic E-state index is 0.546. The number of hydrogen-bond donors (Lipinski definition) is 2. The van der Waals surface area contributed by atoms with Crippen LogP contribution in [0.15, 0.2) is 29.8 Å².